The number of nitrogens with one attached hydrogen (secondary N) is 9. The van der Waals surface area contributed by atoms with E-state index in [0.717, 1.165) is 27.4 Å². The van der Waals surface area contributed by atoms with Crippen molar-refractivity contribution < 1.29 is 53.0 Å². The molecule has 354 valence electrons. The van der Waals surface area contributed by atoms with Crippen LogP contribution < -0.4 is 42.0 Å². The quantitative estimate of drug-likeness (QED) is 0.0286. The number of esters is 1. The number of para-hydroxylation sites is 2. The van der Waals surface area contributed by atoms with Crippen LogP contribution in [0.25, 0.3) is 21.8 Å². The second kappa shape index (κ2) is 23.7. The molecular formula is C45H49I2N9O11. The van der Waals surface area contributed by atoms with Gasteiger partial charge in [-0.05, 0) is 100.0 Å². The molecule has 2 heterocycles. The average molecular weight is 1150 g/mol. The molecule has 10 N–H and O–H groups in total. The lowest BCUT2D eigenvalue weighted by Gasteiger charge is -2.23. The molecule has 20 nitrogen and oxygen atoms in total. The van der Waals surface area contributed by atoms with E-state index in [0.29, 0.717) is 24.0 Å². The minimum atomic E-state index is -1.34. The van der Waals surface area contributed by atoms with Crippen molar-refractivity contribution in [3.63, 3.8) is 0 Å². The maximum absolute atomic E-state index is 13.8. The summed E-state index contributed by atoms with van der Waals surface area (Å²) in [7, 11) is 0. The fourth-order valence-electron chi connectivity index (χ4n) is 7.00. The second-order valence-corrected chi connectivity index (χ2v) is 17.9. The number of hydrogen-bond acceptors (Lipinski definition) is 10. The second-order valence-electron chi connectivity index (χ2n) is 15.5. The molecule has 3 aromatic carbocycles. The van der Waals surface area contributed by atoms with Crippen LogP contribution in [0, 0.1) is 7.14 Å². The first kappa shape index (κ1) is 51.4. The number of carboxylic acid groups (broad SMARTS) is 1. The number of hydrogen-bond donors (Lipinski definition) is 10. The van der Waals surface area contributed by atoms with Crippen LogP contribution >= 0.6 is 45.2 Å². The van der Waals surface area contributed by atoms with Gasteiger partial charge in [-0.1, -0.05) is 36.4 Å². The molecule has 0 saturated heterocycles. The number of rotatable bonds is 21. The summed E-state index contributed by atoms with van der Waals surface area (Å²) in [4.78, 5) is 121. The summed E-state index contributed by atoms with van der Waals surface area (Å²) in [6.45, 7) is 4.01. The highest BCUT2D eigenvalue weighted by Crippen LogP contribution is 2.30. The van der Waals surface area contributed by atoms with E-state index in [1.165, 1.54) is 27.7 Å². The molecule has 0 radical (unpaired) electrons. The molecule has 0 fully saturated rings. The smallest absolute Gasteiger partial charge is 0.326 e. The Bertz CT molecular complexity index is 2680. The zero-order valence-corrected chi connectivity index (χ0v) is 41.0. The first-order chi connectivity index (χ1) is 31.8. The summed E-state index contributed by atoms with van der Waals surface area (Å²) in [5.41, 5.74) is 3.61. The van der Waals surface area contributed by atoms with Crippen molar-refractivity contribution in [1.82, 2.24) is 47.2 Å². The lowest BCUT2D eigenvalue weighted by molar-refractivity contribution is -0.141. The highest BCUT2D eigenvalue weighted by atomic mass is 127. The molecule has 0 aliphatic carbocycles. The van der Waals surface area contributed by atoms with E-state index in [2.05, 4.69) is 47.2 Å². The van der Waals surface area contributed by atoms with Crippen molar-refractivity contribution in [2.24, 2.45) is 0 Å². The van der Waals surface area contributed by atoms with Crippen molar-refractivity contribution in [2.45, 2.75) is 77.2 Å². The van der Waals surface area contributed by atoms with Crippen molar-refractivity contribution in [3.8, 4) is 5.75 Å². The predicted molar refractivity (Wildman–Crippen MR) is 261 cm³/mol. The van der Waals surface area contributed by atoms with E-state index in [1.54, 1.807) is 30.6 Å². The molecule has 5 rings (SSSR count). The number of aromatic amines is 2. The Kier molecular flexibility index (Phi) is 18.2. The zero-order valence-electron chi connectivity index (χ0n) is 36.6. The molecule has 0 saturated carbocycles. The molecule has 7 amide bonds. The number of benzene rings is 3. The topological polar surface area (TPSA) is 299 Å². The van der Waals surface area contributed by atoms with E-state index in [4.69, 9.17) is 4.74 Å². The van der Waals surface area contributed by atoms with Gasteiger partial charge >= 0.3 is 11.9 Å². The monoisotopic (exact) mass is 1150 g/mol. The molecule has 0 aliphatic heterocycles. The van der Waals surface area contributed by atoms with Crippen LogP contribution in [0.15, 0.2) is 73.1 Å². The van der Waals surface area contributed by atoms with E-state index >= 15 is 0 Å². The molecule has 5 aromatic rings. The lowest BCUT2D eigenvalue weighted by Crippen LogP contribution is -2.56. The first-order valence-corrected chi connectivity index (χ1v) is 23.0. The number of amides is 7. The van der Waals surface area contributed by atoms with Crippen LogP contribution in [0.2, 0.25) is 0 Å². The van der Waals surface area contributed by atoms with Gasteiger partial charge in [-0.2, -0.15) is 0 Å². The normalized spacial score (nSPS) is 13.2. The van der Waals surface area contributed by atoms with E-state index in [-0.39, 0.29) is 19.3 Å². The van der Waals surface area contributed by atoms with Gasteiger partial charge in [0.2, 0.25) is 41.4 Å². The third-order valence-electron chi connectivity index (χ3n) is 10.3. The van der Waals surface area contributed by atoms with Gasteiger partial charge in [0, 0.05) is 67.3 Å². The van der Waals surface area contributed by atoms with Crippen LogP contribution in [0.5, 0.6) is 5.75 Å². The standard InChI is InChI=1S/C45H49I2N9O11/c1-22(41(61)51-21-39(60)56-37(45(65)66)17-28-19-49-34-12-8-6-10-30(28)34)52-43(63)35(15-26-13-31(46)40(32(47)14-26)67-25(4)58)55-38(59)20-50-42(62)23(2)53-44(64)36(54-24(3)57)16-27-18-48-33-11-7-5-9-29(27)33/h5-14,18-19,22-23,35-37,48-49H,15-17,20-21H2,1-4H3,(H,50,62)(H,51,61)(H,52,63)(H,53,64)(H,54,57)(H,55,59)(H,56,60)(H,65,66)/t22-,23-,35-,36-,37-/m0/s1. The van der Waals surface area contributed by atoms with Gasteiger partial charge in [-0.15, -0.1) is 0 Å². The maximum Gasteiger partial charge on any atom is 0.326 e. The number of carbonyl (C=O) groups excluding carboxylic acids is 8. The number of halogens is 2. The SMILES string of the molecule is CC(=O)N[C@@H](Cc1c[nH]c2ccccc12)C(=O)N[C@@H](C)C(=O)NCC(=O)N[C@@H](Cc1cc(I)c(OC(C)=O)c(I)c1)C(=O)N[C@@H](C)C(=O)NCC(=O)N[C@@H](Cc1c[nH]c2ccccc12)C(=O)O. The average Bonchev–Trinajstić information content (AvgIpc) is 3.88. The lowest BCUT2D eigenvalue weighted by atomic mass is 10.0. The van der Waals surface area contributed by atoms with Gasteiger partial charge in [0.1, 0.15) is 30.2 Å². The van der Waals surface area contributed by atoms with E-state index in [9.17, 15) is 48.3 Å². The highest BCUT2D eigenvalue weighted by Gasteiger charge is 2.29. The van der Waals surface area contributed by atoms with Crippen LogP contribution in [0.1, 0.15) is 44.4 Å². The number of aromatic nitrogens is 2. The molecule has 0 aliphatic rings. The fourth-order valence-corrected chi connectivity index (χ4v) is 9.12. The molecule has 2 aromatic heterocycles. The van der Waals surface area contributed by atoms with Crippen molar-refractivity contribution in [3.05, 3.63) is 96.9 Å². The number of carboxylic acids is 1. The zero-order chi connectivity index (χ0) is 48.9. The molecule has 22 heteroatoms. The third-order valence-corrected chi connectivity index (χ3v) is 11.9. The van der Waals surface area contributed by atoms with Crippen molar-refractivity contribution in [1.29, 1.82) is 0 Å². The Hall–Kier alpha value is -6.57. The molecular weight excluding hydrogens is 1100 g/mol. The highest BCUT2D eigenvalue weighted by molar-refractivity contribution is 14.1. The Morgan fingerprint density at radius 3 is 1.48 bits per heavy atom. The number of carbonyl (C=O) groups is 9. The maximum atomic E-state index is 13.8. The molecule has 67 heavy (non-hydrogen) atoms. The minimum absolute atomic E-state index is 0.0318. The van der Waals surface area contributed by atoms with E-state index < -0.39 is 96.6 Å². The van der Waals surface area contributed by atoms with Crippen LogP contribution in [-0.2, 0) is 62.4 Å². The number of H-pyrrole nitrogens is 2. The molecule has 5 atom stereocenters. The molecule has 0 bridgehead atoms. The first-order valence-electron chi connectivity index (χ1n) is 20.8. The Balaban J connectivity index is 1.19. The summed E-state index contributed by atoms with van der Waals surface area (Å²) in [6, 6.07) is 11.9. The number of fused-ring (bicyclic) bond motifs is 2. The van der Waals surface area contributed by atoms with Crippen LogP contribution in [-0.4, -0.2) is 112 Å². The fraction of sp³-hybridized carbons (Fsp3) is 0.311. The Morgan fingerprint density at radius 2 is 1.03 bits per heavy atom. The number of aliphatic carboxylic acids is 1. The minimum Gasteiger partial charge on any atom is -0.480 e. The van der Waals surface area contributed by atoms with Crippen LogP contribution in [0.3, 0.4) is 0 Å². The van der Waals surface area contributed by atoms with E-state index in [1.807, 2.05) is 87.6 Å². The predicted octanol–water partition coefficient (Wildman–Crippen LogP) is 1.61. The Morgan fingerprint density at radius 1 is 0.597 bits per heavy atom. The summed E-state index contributed by atoms with van der Waals surface area (Å²) >= 11 is 3.92. The van der Waals surface area contributed by atoms with Crippen molar-refractivity contribution in [2.75, 3.05) is 13.1 Å². The van der Waals surface area contributed by atoms with Gasteiger partial charge in [0.25, 0.3) is 0 Å². The Labute approximate surface area is 410 Å². The summed E-state index contributed by atoms with van der Waals surface area (Å²) < 4.78 is 6.37. The van der Waals surface area contributed by atoms with Crippen molar-refractivity contribution >= 4 is 120 Å². The summed E-state index contributed by atoms with van der Waals surface area (Å²) in [6.07, 6.45) is 3.36. The number of ether oxygens (including phenoxy) is 1. The van der Waals surface area contributed by atoms with Gasteiger partial charge in [0.05, 0.1) is 20.2 Å². The third kappa shape index (κ3) is 14.7. The largest absolute Gasteiger partial charge is 0.480 e. The van der Waals surface area contributed by atoms with Gasteiger partial charge in [0.15, 0.2) is 5.75 Å². The summed E-state index contributed by atoms with van der Waals surface area (Å²) in [5, 5.41) is 29.0. The summed E-state index contributed by atoms with van der Waals surface area (Å²) in [5.74, 6) is -6.58. The van der Waals surface area contributed by atoms with Gasteiger partial charge in [-0.3, -0.25) is 38.4 Å². The van der Waals surface area contributed by atoms with Crippen LogP contribution in [0.4, 0.5) is 0 Å². The molecule has 0 unspecified atom stereocenters. The molecule has 0 spiro atoms. The van der Waals surface area contributed by atoms with Gasteiger partial charge in [-0.25, -0.2) is 4.79 Å². The van der Waals surface area contributed by atoms with Gasteiger partial charge < -0.3 is 57.0 Å².